The zero-order valence-corrected chi connectivity index (χ0v) is 11.6. The van der Waals surface area contributed by atoms with E-state index in [-0.39, 0.29) is 11.9 Å². The van der Waals surface area contributed by atoms with Gasteiger partial charge in [-0.05, 0) is 39.0 Å². The molecule has 1 aliphatic heterocycles. The van der Waals surface area contributed by atoms with E-state index >= 15 is 0 Å². The highest BCUT2D eigenvalue weighted by atomic mass is 16.2. The van der Waals surface area contributed by atoms with Crippen molar-refractivity contribution in [1.82, 2.24) is 20.2 Å². The summed E-state index contributed by atoms with van der Waals surface area (Å²) in [6.07, 6.45) is 10.9. The minimum absolute atomic E-state index is 0.0115. The molecule has 2 heterocycles. The maximum atomic E-state index is 11.9. The second kappa shape index (κ2) is 7.28. The van der Waals surface area contributed by atoms with Crippen molar-refractivity contribution in [3.8, 4) is 0 Å². The van der Waals surface area contributed by atoms with E-state index in [0.717, 1.165) is 38.8 Å². The van der Waals surface area contributed by atoms with Gasteiger partial charge in [-0.25, -0.2) is 4.98 Å². The molecule has 0 radical (unpaired) electrons. The van der Waals surface area contributed by atoms with Crippen LogP contribution < -0.4 is 10.6 Å². The maximum absolute atomic E-state index is 11.9. The van der Waals surface area contributed by atoms with Crippen LogP contribution >= 0.6 is 0 Å². The largest absolute Gasteiger partial charge is 0.355 e. The minimum Gasteiger partial charge on any atom is -0.355 e. The molecule has 5 nitrogen and oxygen atoms in total. The lowest BCUT2D eigenvalue weighted by Crippen LogP contribution is -2.50. The van der Waals surface area contributed by atoms with Crippen LogP contribution in [0, 0.1) is 0 Å². The molecule has 1 saturated heterocycles. The molecule has 1 amide bonds. The SMILES string of the molecule is CC1CCCC(C(=O)NCCCCn2ccnc2)N1. The average Bonchev–Trinajstić information content (AvgIpc) is 2.91. The van der Waals surface area contributed by atoms with Crippen LogP contribution in [0.25, 0.3) is 0 Å². The standard InChI is InChI=1S/C14H24N4O/c1-12-5-4-6-13(17-12)14(19)16-7-2-3-9-18-10-8-15-11-18/h8,10-13,17H,2-7,9H2,1H3,(H,16,19). The second-order valence-corrected chi connectivity index (χ2v) is 5.35. The number of hydrogen-bond donors (Lipinski definition) is 2. The lowest BCUT2D eigenvalue weighted by atomic mass is 9.99. The highest BCUT2D eigenvalue weighted by Crippen LogP contribution is 2.12. The Bertz CT molecular complexity index is 377. The molecule has 1 aromatic rings. The number of carbonyl (C=O) groups is 1. The first kappa shape index (κ1) is 14.1. The fourth-order valence-electron chi connectivity index (χ4n) is 2.52. The Balaban J connectivity index is 1.56. The summed E-state index contributed by atoms with van der Waals surface area (Å²) in [7, 11) is 0. The molecule has 19 heavy (non-hydrogen) atoms. The number of aryl methyl sites for hydroxylation is 1. The highest BCUT2D eigenvalue weighted by molar-refractivity contribution is 5.81. The van der Waals surface area contributed by atoms with Crippen molar-refractivity contribution in [2.75, 3.05) is 6.54 Å². The Morgan fingerprint density at radius 2 is 2.37 bits per heavy atom. The second-order valence-electron chi connectivity index (χ2n) is 5.35. The zero-order chi connectivity index (χ0) is 13.5. The molecule has 2 atom stereocenters. The van der Waals surface area contributed by atoms with Gasteiger partial charge in [0.05, 0.1) is 12.4 Å². The molecule has 0 spiro atoms. The van der Waals surface area contributed by atoms with Crippen LogP contribution in [-0.4, -0.2) is 34.1 Å². The predicted molar refractivity (Wildman–Crippen MR) is 74.7 cm³/mol. The Morgan fingerprint density at radius 1 is 1.47 bits per heavy atom. The third kappa shape index (κ3) is 4.67. The summed E-state index contributed by atoms with van der Waals surface area (Å²) >= 11 is 0. The number of aromatic nitrogens is 2. The topological polar surface area (TPSA) is 59.0 Å². The Kier molecular flexibility index (Phi) is 5.39. The number of carbonyl (C=O) groups excluding carboxylic acids is 1. The van der Waals surface area contributed by atoms with Crippen molar-refractivity contribution in [3.63, 3.8) is 0 Å². The molecule has 2 N–H and O–H groups in total. The van der Waals surface area contributed by atoms with Gasteiger partial charge in [0.25, 0.3) is 0 Å². The third-order valence-electron chi connectivity index (χ3n) is 3.63. The number of nitrogens with zero attached hydrogens (tertiary/aromatic N) is 2. The summed E-state index contributed by atoms with van der Waals surface area (Å²) < 4.78 is 2.06. The zero-order valence-electron chi connectivity index (χ0n) is 11.6. The van der Waals surface area contributed by atoms with Crippen LogP contribution in [0.3, 0.4) is 0 Å². The number of nitrogens with one attached hydrogen (secondary N) is 2. The smallest absolute Gasteiger partial charge is 0.237 e. The fourth-order valence-corrected chi connectivity index (χ4v) is 2.52. The molecule has 1 aromatic heterocycles. The number of amides is 1. The van der Waals surface area contributed by atoms with E-state index in [1.165, 1.54) is 6.42 Å². The first-order valence-electron chi connectivity index (χ1n) is 7.25. The first-order chi connectivity index (χ1) is 9.25. The number of rotatable bonds is 6. The van der Waals surface area contributed by atoms with Gasteiger partial charge in [0, 0.05) is 31.5 Å². The molecular weight excluding hydrogens is 240 g/mol. The van der Waals surface area contributed by atoms with Gasteiger partial charge < -0.3 is 15.2 Å². The summed E-state index contributed by atoms with van der Waals surface area (Å²) in [5.41, 5.74) is 0. The van der Waals surface area contributed by atoms with Gasteiger partial charge >= 0.3 is 0 Å². The van der Waals surface area contributed by atoms with E-state index in [1.54, 1.807) is 6.20 Å². The molecule has 0 bridgehead atoms. The Morgan fingerprint density at radius 3 is 3.11 bits per heavy atom. The molecule has 0 saturated carbocycles. The average molecular weight is 264 g/mol. The van der Waals surface area contributed by atoms with Crippen LogP contribution in [0.5, 0.6) is 0 Å². The normalized spacial score (nSPS) is 23.2. The quantitative estimate of drug-likeness (QED) is 0.762. The monoisotopic (exact) mass is 264 g/mol. The highest BCUT2D eigenvalue weighted by Gasteiger charge is 2.23. The van der Waals surface area contributed by atoms with Crippen LogP contribution in [-0.2, 0) is 11.3 Å². The van der Waals surface area contributed by atoms with Gasteiger partial charge in [-0.1, -0.05) is 0 Å². The lowest BCUT2D eigenvalue weighted by Gasteiger charge is -2.27. The maximum Gasteiger partial charge on any atom is 0.237 e. The summed E-state index contributed by atoms with van der Waals surface area (Å²) in [6.45, 7) is 3.87. The predicted octanol–water partition coefficient (Wildman–Crippen LogP) is 1.31. The summed E-state index contributed by atoms with van der Waals surface area (Å²) in [5, 5.41) is 6.38. The van der Waals surface area contributed by atoms with Gasteiger partial charge in [-0.3, -0.25) is 4.79 Å². The van der Waals surface area contributed by atoms with E-state index < -0.39 is 0 Å². The van der Waals surface area contributed by atoms with E-state index in [2.05, 4.69) is 27.1 Å². The van der Waals surface area contributed by atoms with Crippen LogP contribution in [0.4, 0.5) is 0 Å². The van der Waals surface area contributed by atoms with Crippen molar-refractivity contribution >= 4 is 5.91 Å². The van der Waals surface area contributed by atoms with Gasteiger partial charge in [-0.2, -0.15) is 0 Å². The molecule has 2 rings (SSSR count). The lowest BCUT2D eigenvalue weighted by molar-refractivity contribution is -0.123. The van der Waals surface area contributed by atoms with Crippen molar-refractivity contribution in [3.05, 3.63) is 18.7 Å². The number of imidazole rings is 1. The van der Waals surface area contributed by atoms with Crippen LogP contribution in [0.15, 0.2) is 18.7 Å². The van der Waals surface area contributed by atoms with Crippen molar-refractivity contribution in [1.29, 1.82) is 0 Å². The Hall–Kier alpha value is -1.36. The van der Waals surface area contributed by atoms with E-state index in [0.29, 0.717) is 6.04 Å². The molecule has 5 heteroatoms. The molecular formula is C14H24N4O. The third-order valence-corrected chi connectivity index (χ3v) is 3.63. The molecule has 1 aliphatic rings. The van der Waals surface area contributed by atoms with Gasteiger partial charge in [0.2, 0.25) is 5.91 Å². The van der Waals surface area contributed by atoms with Crippen molar-refractivity contribution < 1.29 is 4.79 Å². The molecule has 2 unspecified atom stereocenters. The van der Waals surface area contributed by atoms with E-state index in [4.69, 9.17) is 0 Å². The number of piperidine rings is 1. The van der Waals surface area contributed by atoms with Crippen LogP contribution in [0.1, 0.15) is 39.0 Å². The summed E-state index contributed by atoms with van der Waals surface area (Å²) in [4.78, 5) is 15.9. The van der Waals surface area contributed by atoms with Crippen molar-refractivity contribution in [2.45, 2.75) is 57.7 Å². The Labute approximate surface area is 114 Å². The van der Waals surface area contributed by atoms with Gasteiger partial charge in [0.15, 0.2) is 0 Å². The van der Waals surface area contributed by atoms with Crippen LogP contribution in [0.2, 0.25) is 0 Å². The molecule has 1 fully saturated rings. The summed E-state index contributed by atoms with van der Waals surface area (Å²) in [5.74, 6) is 0.161. The molecule has 0 aliphatic carbocycles. The van der Waals surface area contributed by atoms with E-state index in [1.807, 2.05) is 12.5 Å². The first-order valence-corrected chi connectivity index (χ1v) is 7.25. The van der Waals surface area contributed by atoms with Crippen molar-refractivity contribution in [2.24, 2.45) is 0 Å². The fraction of sp³-hybridized carbons (Fsp3) is 0.714. The molecule has 0 aromatic carbocycles. The molecule has 106 valence electrons. The number of hydrogen-bond acceptors (Lipinski definition) is 3. The van der Waals surface area contributed by atoms with E-state index in [9.17, 15) is 4.79 Å². The van der Waals surface area contributed by atoms with Gasteiger partial charge in [-0.15, -0.1) is 0 Å². The van der Waals surface area contributed by atoms with Gasteiger partial charge in [0.1, 0.15) is 0 Å². The summed E-state index contributed by atoms with van der Waals surface area (Å²) in [6, 6.07) is 0.475. The minimum atomic E-state index is 0.0115. The number of unbranched alkanes of at least 4 members (excludes halogenated alkanes) is 1.